The van der Waals surface area contributed by atoms with Crippen molar-refractivity contribution >= 4 is 0 Å². The average molecular weight is 229 g/mol. The van der Waals surface area contributed by atoms with Gasteiger partial charge in [0.25, 0.3) is 0 Å². The molecule has 1 nitrogen and oxygen atoms in total. The summed E-state index contributed by atoms with van der Waals surface area (Å²) in [6.45, 7) is 0.958. The predicted octanol–water partition coefficient (Wildman–Crippen LogP) is 3.43. The number of rotatable bonds is 0. The van der Waals surface area contributed by atoms with E-state index in [4.69, 9.17) is 0 Å². The summed E-state index contributed by atoms with van der Waals surface area (Å²) < 4.78 is 73.5. The zero-order valence-electron chi connectivity index (χ0n) is 7.37. The molecule has 84 valence electrons. The summed E-state index contributed by atoms with van der Waals surface area (Å²) >= 11 is 0. The number of hydrogen-bond acceptors (Lipinski definition) is 1. The molecule has 0 unspecified atom stereocenters. The summed E-state index contributed by atoms with van der Waals surface area (Å²) in [6.07, 6.45) is -9.45. The van der Waals surface area contributed by atoms with E-state index in [2.05, 4.69) is 4.98 Å². The molecule has 1 aromatic heterocycles. The quantitative estimate of drug-likeness (QED) is 0.621. The lowest BCUT2D eigenvalue weighted by Gasteiger charge is -2.15. The monoisotopic (exact) mass is 229 g/mol. The van der Waals surface area contributed by atoms with Crippen molar-refractivity contribution in [2.45, 2.75) is 19.3 Å². The molecule has 0 N–H and O–H groups in total. The van der Waals surface area contributed by atoms with E-state index < -0.39 is 29.2 Å². The van der Waals surface area contributed by atoms with Gasteiger partial charge in [0, 0.05) is 6.20 Å². The molecule has 0 atom stereocenters. The van der Waals surface area contributed by atoms with Crippen LogP contribution < -0.4 is 0 Å². The fourth-order valence-electron chi connectivity index (χ4n) is 1.13. The smallest absolute Gasteiger partial charge is 0.251 e. The molecule has 0 bridgehead atoms. The third-order valence-corrected chi connectivity index (χ3v) is 1.71. The van der Waals surface area contributed by atoms with Crippen molar-refractivity contribution in [2.75, 3.05) is 0 Å². The highest BCUT2D eigenvalue weighted by atomic mass is 19.4. The van der Waals surface area contributed by atoms with Gasteiger partial charge in [-0.1, -0.05) is 0 Å². The van der Waals surface area contributed by atoms with Crippen molar-refractivity contribution in [2.24, 2.45) is 0 Å². The van der Waals surface area contributed by atoms with E-state index in [0.29, 0.717) is 6.20 Å². The van der Waals surface area contributed by atoms with Crippen molar-refractivity contribution in [3.8, 4) is 0 Å². The summed E-state index contributed by atoms with van der Waals surface area (Å²) in [6, 6.07) is 0.887. The molecule has 0 amide bonds. The van der Waals surface area contributed by atoms with E-state index in [9.17, 15) is 26.3 Å². The summed E-state index contributed by atoms with van der Waals surface area (Å²) in [5, 5.41) is 0. The van der Waals surface area contributed by atoms with Crippen LogP contribution in [0.1, 0.15) is 16.8 Å². The maximum absolute atomic E-state index is 12.3. The first kappa shape index (κ1) is 11.8. The highest BCUT2D eigenvalue weighted by Gasteiger charge is 2.45. The first-order valence-corrected chi connectivity index (χ1v) is 3.74. The molecule has 15 heavy (non-hydrogen) atoms. The molecule has 0 aliphatic rings. The number of halogens is 6. The predicted molar refractivity (Wildman–Crippen MR) is 39.0 cm³/mol. The van der Waals surface area contributed by atoms with Gasteiger partial charge in [0.05, 0.1) is 5.56 Å². The molecule has 0 saturated carbocycles. The van der Waals surface area contributed by atoms with Gasteiger partial charge in [-0.25, -0.2) is 0 Å². The van der Waals surface area contributed by atoms with E-state index in [1.165, 1.54) is 0 Å². The highest BCUT2D eigenvalue weighted by Crippen LogP contribution is 2.40. The van der Waals surface area contributed by atoms with Gasteiger partial charge in [0.15, 0.2) is 5.69 Å². The molecular formula is C8H5F6N. The number of hydrogen-bond donors (Lipinski definition) is 0. The third kappa shape index (κ3) is 2.40. The number of pyridine rings is 1. The van der Waals surface area contributed by atoms with Crippen LogP contribution in [0.25, 0.3) is 0 Å². The first-order valence-electron chi connectivity index (χ1n) is 3.74. The Morgan fingerprint density at radius 3 is 1.87 bits per heavy atom. The average Bonchev–Trinajstić information content (AvgIpc) is 1.99. The van der Waals surface area contributed by atoms with E-state index in [1.54, 1.807) is 0 Å². The van der Waals surface area contributed by atoms with E-state index in [-0.39, 0.29) is 0 Å². The molecule has 7 heteroatoms. The fourth-order valence-corrected chi connectivity index (χ4v) is 1.13. The minimum atomic E-state index is -5.10. The zero-order chi connectivity index (χ0) is 11.9. The van der Waals surface area contributed by atoms with Gasteiger partial charge < -0.3 is 0 Å². The Bertz CT molecular complexity index is 364. The van der Waals surface area contributed by atoms with Crippen LogP contribution in [0.5, 0.6) is 0 Å². The molecular weight excluding hydrogens is 224 g/mol. The Morgan fingerprint density at radius 1 is 1.00 bits per heavy atom. The maximum Gasteiger partial charge on any atom is 0.433 e. The van der Waals surface area contributed by atoms with Crippen LogP contribution in [0.4, 0.5) is 26.3 Å². The minimum Gasteiger partial charge on any atom is -0.251 e. The van der Waals surface area contributed by atoms with Gasteiger partial charge >= 0.3 is 12.4 Å². The second-order valence-electron chi connectivity index (χ2n) is 2.85. The van der Waals surface area contributed by atoms with Crippen molar-refractivity contribution in [3.05, 3.63) is 29.1 Å². The van der Waals surface area contributed by atoms with Gasteiger partial charge in [0.1, 0.15) is 0 Å². The molecule has 0 saturated heterocycles. The number of aryl methyl sites for hydroxylation is 1. The van der Waals surface area contributed by atoms with Crippen molar-refractivity contribution in [1.82, 2.24) is 4.98 Å². The van der Waals surface area contributed by atoms with Gasteiger partial charge in [-0.2, -0.15) is 26.3 Å². The summed E-state index contributed by atoms with van der Waals surface area (Å²) in [4.78, 5) is 2.73. The fraction of sp³-hybridized carbons (Fsp3) is 0.375. The lowest BCUT2D eigenvalue weighted by Crippen LogP contribution is -2.19. The van der Waals surface area contributed by atoms with Crippen LogP contribution in [-0.4, -0.2) is 4.98 Å². The summed E-state index contributed by atoms with van der Waals surface area (Å²) in [7, 11) is 0. The summed E-state index contributed by atoms with van der Waals surface area (Å²) in [5.74, 6) is 0. The van der Waals surface area contributed by atoms with Gasteiger partial charge in [-0.15, -0.1) is 0 Å². The minimum absolute atomic E-state index is 0.496. The molecule has 1 rings (SSSR count). The Kier molecular flexibility index (Phi) is 2.67. The van der Waals surface area contributed by atoms with Crippen molar-refractivity contribution in [1.29, 1.82) is 0 Å². The Hall–Kier alpha value is -1.27. The Labute approximate surface area is 80.7 Å². The van der Waals surface area contributed by atoms with Crippen molar-refractivity contribution in [3.63, 3.8) is 0 Å². The first-order chi connectivity index (χ1) is 6.64. The third-order valence-electron chi connectivity index (χ3n) is 1.71. The SMILES string of the molecule is Cc1ccnc(C(F)(F)F)c1C(F)(F)F. The number of alkyl halides is 6. The normalized spacial score (nSPS) is 13.0. The molecule has 1 aromatic rings. The standard InChI is InChI=1S/C8H5F6N/c1-4-2-3-15-6(8(12,13)14)5(4)7(9,10)11/h2-3H,1H3. The lowest BCUT2D eigenvalue weighted by atomic mass is 10.1. The Balaban J connectivity index is 3.48. The van der Waals surface area contributed by atoms with Crippen LogP contribution in [-0.2, 0) is 12.4 Å². The second kappa shape index (κ2) is 3.39. The zero-order valence-corrected chi connectivity index (χ0v) is 7.37. The van der Waals surface area contributed by atoms with E-state index in [0.717, 1.165) is 13.0 Å². The molecule has 0 aromatic carbocycles. The van der Waals surface area contributed by atoms with E-state index >= 15 is 0 Å². The lowest BCUT2D eigenvalue weighted by molar-refractivity contribution is -0.165. The van der Waals surface area contributed by atoms with E-state index in [1.807, 2.05) is 0 Å². The molecule has 0 fully saturated rings. The second-order valence-corrected chi connectivity index (χ2v) is 2.85. The summed E-state index contributed by atoms with van der Waals surface area (Å²) in [5.41, 5.74) is -4.11. The molecule has 0 aliphatic carbocycles. The van der Waals surface area contributed by atoms with Gasteiger partial charge in [-0.05, 0) is 18.6 Å². The molecule has 0 aliphatic heterocycles. The van der Waals surface area contributed by atoms with Crippen LogP contribution >= 0.6 is 0 Å². The van der Waals surface area contributed by atoms with Gasteiger partial charge in [0.2, 0.25) is 0 Å². The highest BCUT2D eigenvalue weighted by molar-refractivity contribution is 5.33. The molecule has 0 spiro atoms. The van der Waals surface area contributed by atoms with Crippen LogP contribution in [0.15, 0.2) is 12.3 Å². The largest absolute Gasteiger partial charge is 0.433 e. The molecule has 1 heterocycles. The maximum atomic E-state index is 12.3. The van der Waals surface area contributed by atoms with Crippen molar-refractivity contribution < 1.29 is 26.3 Å². The topological polar surface area (TPSA) is 12.9 Å². The number of aromatic nitrogens is 1. The Morgan fingerprint density at radius 2 is 1.53 bits per heavy atom. The molecule has 0 radical (unpaired) electrons. The van der Waals surface area contributed by atoms with Gasteiger partial charge in [-0.3, -0.25) is 4.98 Å². The number of nitrogens with zero attached hydrogens (tertiary/aromatic N) is 1. The van der Waals surface area contributed by atoms with Crippen LogP contribution in [0, 0.1) is 6.92 Å². The van der Waals surface area contributed by atoms with Crippen LogP contribution in [0.2, 0.25) is 0 Å². The van der Waals surface area contributed by atoms with Crippen LogP contribution in [0.3, 0.4) is 0 Å².